The van der Waals surface area contributed by atoms with Crippen molar-refractivity contribution in [1.82, 2.24) is 25.0 Å². The van der Waals surface area contributed by atoms with Crippen LogP contribution in [0.2, 0.25) is 5.15 Å². The lowest BCUT2D eigenvalue weighted by Crippen LogP contribution is -2.53. The van der Waals surface area contributed by atoms with E-state index < -0.39 is 6.09 Å². The molecule has 1 saturated heterocycles. The van der Waals surface area contributed by atoms with Crippen molar-refractivity contribution in [2.24, 2.45) is 0 Å². The molecule has 4 heterocycles. The van der Waals surface area contributed by atoms with Crippen LogP contribution in [0.5, 0.6) is 5.88 Å². The molecule has 0 aromatic carbocycles. The normalized spacial score (nSPS) is 17.2. The molecule has 0 unspecified atom stereocenters. The summed E-state index contributed by atoms with van der Waals surface area (Å²) in [7, 11) is 1.48. The van der Waals surface area contributed by atoms with Gasteiger partial charge in [-0.15, -0.1) is 16.4 Å². The first kappa shape index (κ1) is 20.3. The van der Waals surface area contributed by atoms with E-state index in [9.17, 15) is 4.79 Å². The molecule has 3 aromatic heterocycles. The van der Waals surface area contributed by atoms with Crippen LogP contribution in [0.4, 0.5) is 22.2 Å². The first-order chi connectivity index (χ1) is 14.4. The van der Waals surface area contributed by atoms with Crippen molar-refractivity contribution < 1.29 is 14.4 Å². The highest BCUT2D eigenvalue weighted by Gasteiger charge is 2.29. The number of hydrogen-bond donors (Lipinski definition) is 2. The number of pyridine rings is 1. The van der Waals surface area contributed by atoms with Crippen LogP contribution < -0.4 is 20.7 Å². The van der Waals surface area contributed by atoms with E-state index in [0.717, 1.165) is 10.3 Å². The van der Waals surface area contributed by atoms with Gasteiger partial charge in [0.15, 0.2) is 15.8 Å². The van der Waals surface area contributed by atoms with Gasteiger partial charge in [0.2, 0.25) is 11.8 Å². The number of aromatic nitrogens is 4. The Bertz CT molecular complexity index is 1080. The number of piperazine rings is 1. The number of carbonyl (C=O) groups excluding carboxylic acids is 1. The van der Waals surface area contributed by atoms with Crippen molar-refractivity contribution in [2.75, 3.05) is 42.7 Å². The Morgan fingerprint density at radius 2 is 2.17 bits per heavy atom. The van der Waals surface area contributed by atoms with Crippen LogP contribution in [-0.4, -0.2) is 63.9 Å². The summed E-state index contributed by atoms with van der Waals surface area (Å²) in [5.41, 5.74) is 8.62. The number of anilines is 3. The zero-order valence-corrected chi connectivity index (χ0v) is 17.8. The summed E-state index contributed by atoms with van der Waals surface area (Å²) in [5, 5.41) is 4.28. The molecule has 0 radical (unpaired) electrons. The molecule has 13 heteroatoms. The first-order valence-corrected chi connectivity index (χ1v) is 10.3. The summed E-state index contributed by atoms with van der Waals surface area (Å²) in [6.07, 6.45) is -0.655. The summed E-state index contributed by atoms with van der Waals surface area (Å²) in [6, 6.07) is 3.18. The molecule has 30 heavy (non-hydrogen) atoms. The molecule has 11 nitrogen and oxygen atoms in total. The number of halogens is 1. The molecule has 3 aromatic rings. The van der Waals surface area contributed by atoms with Gasteiger partial charge in [0.05, 0.1) is 31.4 Å². The highest BCUT2D eigenvalue weighted by Crippen LogP contribution is 2.29. The predicted molar refractivity (Wildman–Crippen MR) is 114 cm³/mol. The van der Waals surface area contributed by atoms with Crippen LogP contribution in [0, 0.1) is 0 Å². The second-order valence-electron chi connectivity index (χ2n) is 6.54. The van der Waals surface area contributed by atoms with Crippen molar-refractivity contribution in [2.45, 2.75) is 13.0 Å². The minimum atomic E-state index is -0.655. The van der Waals surface area contributed by atoms with Crippen molar-refractivity contribution >= 4 is 56.8 Å². The largest absolute Gasteiger partial charge is 0.481 e. The van der Waals surface area contributed by atoms with Crippen molar-refractivity contribution in [3.63, 3.8) is 0 Å². The lowest BCUT2D eigenvalue weighted by atomic mass is 10.2. The third-order valence-electron chi connectivity index (χ3n) is 4.54. The molecule has 0 spiro atoms. The Balaban J connectivity index is 1.39. The van der Waals surface area contributed by atoms with E-state index in [1.807, 2.05) is 6.92 Å². The van der Waals surface area contributed by atoms with Gasteiger partial charge in [0, 0.05) is 18.7 Å². The molecule has 4 rings (SSSR count). The number of methoxy groups -OCH3 is 1. The Hall–Kier alpha value is -2.96. The fourth-order valence-corrected chi connectivity index (χ4v) is 4.01. The maximum absolute atomic E-state index is 12.3. The number of nitrogens with one attached hydrogen (secondary N) is 1. The number of hydrogen-bond acceptors (Lipinski definition) is 11. The SMILES string of the molecule is COc1ccc(NC(=O)ON2CCN(c3nc(N)nc4scnc34)[C@@H](C)C2)c(Cl)n1. The highest BCUT2D eigenvalue weighted by molar-refractivity contribution is 7.16. The summed E-state index contributed by atoms with van der Waals surface area (Å²) in [6.45, 7) is 3.52. The van der Waals surface area contributed by atoms with Gasteiger partial charge in [-0.1, -0.05) is 11.6 Å². The molecule has 1 aliphatic heterocycles. The number of carbonyl (C=O) groups is 1. The predicted octanol–water partition coefficient (Wildman–Crippen LogP) is 2.40. The van der Waals surface area contributed by atoms with Gasteiger partial charge in [-0.05, 0) is 13.0 Å². The third-order valence-corrected chi connectivity index (χ3v) is 5.55. The fraction of sp³-hybridized carbons (Fsp3) is 0.353. The van der Waals surface area contributed by atoms with Gasteiger partial charge in [-0.3, -0.25) is 5.32 Å². The van der Waals surface area contributed by atoms with Gasteiger partial charge < -0.3 is 20.2 Å². The van der Waals surface area contributed by atoms with Crippen LogP contribution in [0.25, 0.3) is 10.3 Å². The van der Waals surface area contributed by atoms with Crippen LogP contribution in [0.3, 0.4) is 0 Å². The average Bonchev–Trinajstić information content (AvgIpc) is 3.17. The molecule has 3 N–H and O–H groups in total. The number of amides is 1. The van der Waals surface area contributed by atoms with E-state index in [-0.39, 0.29) is 17.1 Å². The number of nitrogens with two attached hydrogens (primary N) is 1. The van der Waals surface area contributed by atoms with Crippen LogP contribution in [0.15, 0.2) is 17.6 Å². The first-order valence-electron chi connectivity index (χ1n) is 9.02. The number of nitrogen functional groups attached to an aromatic ring is 1. The standard InChI is InChI=1S/C17H19ClN8O3S/c1-9-7-25(29-17(27)21-10-3-4-11(28-2)22-13(10)18)5-6-26(9)14-12-15(30-8-20-12)24-16(19)23-14/h3-4,8-9H,5-7H2,1-2H3,(H,21,27)(H2,19,23,24)/t9-/m0/s1. The number of hydroxylamine groups is 2. The van der Waals surface area contributed by atoms with Gasteiger partial charge in [-0.25, -0.2) is 14.8 Å². The zero-order valence-electron chi connectivity index (χ0n) is 16.2. The maximum atomic E-state index is 12.3. The van der Waals surface area contributed by atoms with Gasteiger partial charge in [-0.2, -0.15) is 9.97 Å². The van der Waals surface area contributed by atoms with E-state index in [1.165, 1.54) is 18.4 Å². The molecule has 158 valence electrons. The molecular weight excluding hydrogens is 432 g/mol. The third kappa shape index (κ3) is 4.15. The number of thiazole rings is 1. The quantitative estimate of drug-likeness (QED) is 0.571. The van der Waals surface area contributed by atoms with E-state index >= 15 is 0 Å². The Morgan fingerprint density at radius 1 is 1.33 bits per heavy atom. The number of fused-ring (bicyclic) bond motifs is 1. The lowest BCUT2D eigenvalue weighted by Gasteiger charge is -2.39. The summed E-state index contributed by atoms with van der Waals surface area (Å²) in [4.78, 5) is 37.5. The second kappa shape index (κ2) is 8.42. The van der Waals surface area contributed by atoms with Crippen molar-refractivity contribution in [1.29, 1.82) is 0 Å². The second-order valence-corrected chi connectivity index (χ2v) is 7.73. The van der Waals surface area contributed by atoms with Crippen molar-refractivity contribution in [3.05, 3.63) is 22.8 Å². The van der Waals surface area contributed by atoms with Crippen LogP contribution in [-0.2, 0) is 4.84 Å². The summed E-state index contributed by atoms with van der Waals surface area (Å²) >= 11 is 7.46. The van der Waals surface area contributed by atoms with E-state index in [4.69, 9.17) is 26.9 Å². The van der Waals surface area contributed by atoms with Crippen LogP contribution in [0.1, 0.15) is 6.92 Å². The molecule has 0 aliphatic carbocycles. The molecule has 0 bridgehead atoms. The van der Waals surface area contributed by atoms with Crippen LogP contribution >= 0.6 is 22.9 Å². The number of nitrogens with zero attached hydrogens (tertiary/aromatic N) is 6. The monoisotopic (exact) mass is 450 g/mol. The Kier molecular flexibility index (Phi) is 5.70. The molecule has 1 amide bonds. The highest BCUT2D eigenvalue weighted by atomic mass is 35.5. The fourth-order valence-electron chi connectivity index (χ4n) is 3.16. The Morgan fingerprint density at radius 3 is 2.90 bits per heavy atom. The molecular formula is C17H19ClN8O3S. The molecule has 1 aliphatic rings. The Labute approximate surface area is 180 Å². The minimum Gasteiger partial charge on any atom is -0.481 e. The van der Waals surface area contributed by atoms with Gasteiger partial charge >= 0.3 is 6.09 Å². The van der Waals surface area contributed by atoms with Gasteiger partial charge in [0.1, 0.15) is 5.52 Å². The van der Waals surface area contributed by atoms with E-state index in [1.54, 1.807) is 22.7 Å². The molecule has 0 saturated carbocycles. The van der Waals surface area contributed by atoms with E-state index in [0.29, 0.717) is 37.0 Å². The zero-order chi connectivity index (χ0) is 21.3. The summed E-state index contributed by atoms with van der Waals surface area (Å²) in [5.74, 6) is 1.24. The molecule has 1 fully saturated rings. The minimum absolute atomic E-state index is 0.00279. The lowest BCUT2D eigenvalue weighted by molar-refractivity contribution is -0.103. The molecule has 1 atom stereocenters. The number of ether oxygens (including phenoxy) is 1. The average molecular weight is 451 g/mol. The van der Waals surface area contributed by atoms with Gasteiger partial charge in [0.25, 0.3) is 0 Å². The smallest absolute Gasteiger partial charge is 0.430 e. The van der Waals surface area contributed by atoms with Crippen molar-refractivity contribution in [3.8, 4) is 5.88 Å². The summed E-state index contributed by atoms with van der Waals surface area (Å²) < 4.78 is 4.99. The topological polar surface area (TPSA) is 132 Å². The number of rotatable bonds is 4. The maximum Gasteiger partial charge on any atom is 0.430 e. The van der Waals surface area contributed by atoms with E-state index in [2.05, 4.69) is 30.2 Å².